The molecule has 1 aromatic heterocycles. The van der Waals surface area contributed by atoms with Crippen molar-refractivity contribution in [3.63, 3.8) is 0 Å². The van der Waals surface area contributed by atoms with Crippen molar-refractivity contribution in [1.29, 1.82) is 0 Å². The SMILES string of the molecule is CC1C=C(CCCCn2c(=O)c3c(n(C)c2=O)NCN3C)NN1. The predicted molar refractivity (Wildman–Crippen MR) is 90.5 cm³/mol. The molecular weight excluding hydrogens is 296 g/mol. The molecule has 0 spiro atoms. The summed E-state index contributed by atoms with van der Waals surface area (Å²) in [5.74, 6) is 0.610. The minimum absolute atomic E-state index is 0.205. The molecule has 8 heteroatoms. The summed E-state index contributed by atoms with van der Waals surface area (Å²) >= 11 is 0. The molecule has 0 radical (unpaired) electrons. The minimum Gasteiger partial charge on any atom is -0.352 e. The lowest BCUT2D eigenvalue weighted by atomic mass is 10.2. The summed E-state index contributed by atoms with van der Waals surface area (Å²) < 4.78 is 2.87. The Morgan fingerprint density at radius 1 is 1.26 bits per heavy atom. The zero-order valence-electron chi connectivity index (χ0n) is 13.8. The first-order valence-corrected chi connectivity index (χ1v) is 8.00. The van der Waals surface area contributed by atoms with Gasteiger partial charge in [-0.1, -0.05) is 0 Å². The van der Waals surface area contributed by atoms with E-state index in [9.17, 15) is 9.59 Å². The predicted octanol–water partition coefficient (Wildman–Crippen LogP) is -0.0833. The van der Waals surface area contributed by atoms with E-state index in [-0.39, 0.29) is 11.2 Å². The molecular formula is C15H24N6O2. The Labute approximate surface area is 134 Å². The quantitative estimate of drug-likeness (QED) is 0.658. The van der Waals surface area contributed by atoms with Crippen LogP contribution in [0.5, 0.6) is 0 Å². The maximum atomic E-state index is 12.6. The summed E-state index contributed by atoms with van der Waals surface area (Å²) in [6, 6.07) is 0.347. The van der Waals surface area contributed by atoms with E-state index in [1.54, 1.807) is 7.05 Å². The molecule has 0 saturated heterocycles. The van der Waals surface area contributed by atoms with E-state index in [4.69, 9.17) is 0 Å². The number of hydrogen-bond donors (Lipinski definition) is 3. The molecule has 1 aromatic rings. The third-order valence-electron chi connectivity index (χ3n) is 4.38. The molecule has 3 heterocycles. The van der Waals surface area contributed by atoms with Gasteiger partial charge in [-0.3, -0.25) is 13.9 Å². The van der Waals surface area contributed by atoms with Gasteiger partial charge in [-0.2, -0.15) is 0 Å². The van der Waals surface area contributed by atoms with Crippen molar-refractivity contribution in [2.24, 2.45) is 7.05 Å². The second-order valence-electron chi connectivity index (χ2n) is 6.24. The van der Waals surface area contributed by atoms with E-state index in [1.807, 2.05) is 11.9 Å². The van der Waals surface area contributed by atoms with E-state index < -0.39 is 0 Å². The minimum atomic E-state index is -0.259. The lowest BCUT2D eigenvalue weighted by molar-refractivity contribution is 0.537. The molecule has 3 N–H and O–H groups in total. The standard InChI is InChI=1S/C15H24N6O2/c1-10-8-11(18-17-10)6-4-5-7-21-14(22)12-13(16-9-19(12)2)20(3)15(21)23/h8,10,16-18H,4-7,9H2,1-3H3. The van der Waals surface area contributed by atoms with Crippen LogP contribution in [0.2, 0.25) is 0 Å². The Morgan fingerprint density at radius 2 is 2.04 bits per heavy atom. The average Bonchev–Trinajstić information content (AvgIpc) is 3.10. The van der Waals surface area contributed by atoms with Crippen LogP contribution < -0.4 is 32.3 Å². The van der Waals surface area contributed by atoms with Gasteiger partial charge in [0.05, 0.1) is 6.67 Å². The Kier molecular flexibility index (Phi) is 4.16. The summed E-state index contributed by atoms with van der Waals surface area (Å²) in [7, 11) is 3.55. The van der Waals surface area contributed by atoms with Crippen molar-refractivity contribution in [3.8, 4) is 0 Å². The normalized spacial score (nSPS) is 19.3. The van der Waals surface area contributed by atoms with Gasteiger partial charge < -0.3 is 15.6 Å². The van der Waals surface area contributed by atoms with Gasteiger partial charge in [0.15, 0.2) is 0 Å². The van der Waals surface area contributed by atoms with E-state index in [0.29, 0.717) is 30.8 Å². The fourth-order valence-electron chi connectivity index (χ4n) is 3.09. The highest BCUT2D eigenvalue weighted by Crippen LogP contribution is 2.23. The highest BCUT2D eigenvalue weighted by molar-refractivity contribution is 5.69. The molecule has 2 aliphatic heterocycles. The number of anilines is 2. The number of allylic oxidation sites excluding steroid dienone is 1. The third kappa shape index (κ3) is 2.86. The number of hydrogen-bond acceptors (Lipinski definition) is 6. The molecule has 1 unspecified atom stereocenters. The zero-order valence-corrected chi connectivity index (χ0v) is 13.8. The molecule has 0 aromatic carbocycles. The van der Waals surface area contributed by atoms with Crippen LogP contribution in [0.3, 0.4) is 0 Å². The molecule has 0 saturated carbocycles. The highest BCUT2D eigenvalue weighted by Gasteiger charge is 2.24. The molecule has 1 atom stereocenters. The lowest BCUT2D eigenvalue weighted by Crippen LogP contribution is -2.40. The first-order valence-electron chi connectivity index (χ1n) is 8.00. The molecule has 8 nitrogen and oxygen atoms in total. The summed E-state index contributed by atoms with van der Waals surface area (Å²) in [5.41, 5.74) is 7.55. The molecule has 0 fully saturated rings. The maximum absolute atomic E-state index is 12.6. The fourth-order valence-corrected chi connectivity index (χ4v) is 3.09. The monoisotopic (exact) mass is 320 g/mol. The van der Waals surface area contributed by atoms with Crippen molar-refractivity contribution in [2.75, 3.05) is 23.9 Å². The summed E-state index contributed by atoms with van der Waals surface area (Å²) in [5, 5.41) is 3.09. The first kappa shape index (κ1) is 15.7. The fraction of sp³-hybridized carbons (Fsp3) is 0.600. The van der Waals surface area contributed by atoms with Crippen LogP contribution in [-0.2, 0) is 13.6 Å². The topological polar surface area (TPSA) is 83.3 Å². The Balaban J connectivity index is 1.70. The van der Waals surface area contributed by atoms with Gasteiger partial charge in [0, 0.05) is 32.4 Å². The van der Waals surface area contributed by atoms with Crippen LogP contribution in [0.4, 0.5) is 11.5 Å². The van der Waals surface area contributed by atoms with Gasteiger partial charge in [0.25, 0.3) is 5.56 Å². The van der Waals surface area contributed by atoms with Gasteiger partial charge in [-0.25, -0.2) is 10.2 Å². The van der Waals surface area contributed by atoms with Gasteiger partial charge in [0.1, 0.15) is 11.5 Å². The van der Waals surface area contributed by atoms with Crippen LogP contribution in [0.1, 0.15) is 26.2 Å². The Morgan fingerprint density at radius 3 is 2.74 bits per heavy atom. The van der Waals surface area contributed by atoms with Crippen molar-refractivity contribution < 1.29 is 0 Å². The van der Waals surface area contributed by atoms with Crippen LogP contribution in [0.25, 0.3) is 0 Å². The summed E-state index contributed by atoms with van der Waals surface area (Å²) in [4.78, 5) is 26.8. The average molecular weight is 320 g/mol. The van der Waals surface area contributed by atoms with E-state index in [2.05, 4.69) is 29.2 Å². The molecule has 2 aliphatic rings. The van der Waals surface area contributed by atoms with Crippen LogP contribution in [0, 0.1) is 0 Å². The van der Waals surface area contributed by atoms with Crippen LogP contribution >= 0.6 is 0 Å². The highest BCUT2D eigenvalue weighted by atomic mass is 16.2. The summed E-state index contributed by atoms with van der Waals surface area (Å²) in [6.07, 6.45) is 4.78. The molecule has 0 bridgehead atoms. The summed E-state index contributed by atoms with van der Waals surface area (Å²) in [6.45, 7) is 3.08. The molecule has 23 heavy (non-hydrogen) atoms. The lowest BCUT2D eigenvalue weighted by Gasteiger charge is -2.14. The number of nitrogens with one attached hydrogen (secondary N) is 3. The second kappa shape index (κ2) is 6.11. The number of aromatic nitrogens is 2. The first-order chi connectivity index (χ1) is 11.0. The van der Waals surface area contributed by atoms with E-state index in [1.165, 1.54) is 14.8 Å². The molecule has 0 amide bonds. The van der Waals surface area contributed by atoms with Crippen molar-refractivity contribution >= 4 is 11.5 Å². The number of rotatable bonds is 5. The largest absolute Gasteiger partial charge is 0.352 e. The second-order valence-corrected chi connectivity index (χ2v) is 6.24. The van der Waals surface area contributed by atoms with Crippen LogP contribution in [-0.4, -0.2) is 28.9 Å². The van der Waals surface area contributed by atoms with E-state index in [0.717, 1.165) is 19.3 Å². The molecule has 0 aliphatic carbocycles. The Bertz CT molecular complexity index is 748. The van der Waals surface area contributed by atoms with Crippen molar-refractivity contribution in [2.45, 2.75) is 38.8 Å². The molecule has 3 rings (SSSR count). The maximum Gasteiger partial charge on any atom is 0.332 e. The third-order valence-corrected chi connectivity index (χ3v) is 4.38. The van der Waals surface area contributed by atoms with Crippen molar-refractivity contribution in [1.82, 2.24) is 20.0 Å². The van der Waals surface area contributed by atoms with Gasteiger partial charge in [0.2, 0.25) is 0 Å². The number of unbranched alkanes of at least 4 members (excludes halogenated alkanes) is 1. The smallest absolute Gasteiger partial charge is 0.332 e. The van der Waals surface area contributed by atoms with Gasteiger partial charge >= 0.3 is 5.69 Å². The van der Waals surface area contributed by atoms with Gasteiger partial charge in [-0.05, 0) is 32.3 Å². The number of nitrogens with zero attached hydrogens (tertiary/aromatic N) is 3. The Hall–Kier alpha value is -2.22. The number of hydrazine groups is 1. The van der Waals surface area contributed by atoms with E-state index >= 15 is 0 Å². The zero-order chi connectivity index (χ0) is 16.6. The molecule has 126 valence electrons. The van der Waals surface area contributed by atoms with Crippen molar-refractivity contribution in [3.05, 3.63) is 32.6 Å². The van der Waals surface area contributed by atoms with Gasteiger partial charge in [-0.15, -0.1) is 0 Å². The van der Waals surface area contributed by atoms with Crippen LogP contribution in [0.15, 0.2) is 21.4 Å². The number of fused-ring (bicyclic) bond motifs is 1.